The van der Waals surface area contributed by atoms with E-state index in [4.69, 9.17) is 17.0 Å². The molecule has 2 N–H and O–H groups in total. The molecule has 0 saturated heterocycles. The number of nitrogens with zero attached hydrogens (tertiary/aromatic N) is 1. The molecule has 136 valence electrons. The molecule has 0 aliphatic rings. The van der Waals surface area contributed by atoms with Gasteiger partial charge in [0.25, 0.3) is 5.69 Å². The molecule has 26 heavy (non-hydrogen) atoms. The summed E-state index contributed by atoms with van der Waals surface area (Å²) in [7, 11) is 0. The molecule has 0 heterocycles. The maximum absolute atomic E-state index is 11.3. The number of rotatable bonds is 7. The summed E-state index contributed by atoms with van der Waals surface area (Å²) >= 11 is 6.39. The average molecular weight is 391 g/mol. The first-order chi connectivity index (χ1) is 12.5. The van der Waals surface area contributed by atoms with Crippen LogP contribution >= 0.6 is 24.0 Å². The highest BCUT2D eigenvalue weighted by Gasteiger charge is 2.06. The highest BCUT2D eigenvalue weighted by atomic mass is 32.2. The summed E-state index contributed by atoms with van der Waals surface area (Å²) in [6, 6.07) is 13.5. The van der Waals surface area contributed by atoms with Gasteiger partial charge < -0.3 is 15.4 Å². The Morgan fingerprint density at radius 3 is 2.19 bits per heavy atom. The van der Waals surface area contributed by atoms with Crippen molar-refractivity contribution in [2.45, 2.75) is 6.92 Å². The highest BCUT2D eigenvalue weighted by molar-refractivity contribution is 8.23. The molecule has 2 rings (SSSR count). The number of carbonyl (C=O) groups excluding carboxylic acids is 1. The van der Waals surface area contributed by atoms with E-state index in [1.807, 2.05) is 24.3 Å². The maximum atomic E-state index is 11.3. The van der Waals surface area contributed by atoms with E-state index in [0.29, 0.717) is 10.9 Å². The molecule has 0 aromatic heterocycles. The van der Waals surface area contributed by atoms with Crippen LogP contribution in [-0.2, 0) is 9.53 Å². The second-order valence-electron chi connectivity index (χ2n) is 5.01. The highest BCUT2D eigenvalue weighted by Crippen LogP contribution is 2.22. The molecule has 0 spiro atoms. The number of nitro benzene ring substituents is 1. The lowest BCUT2D eigenvalue weighted by atomic mass is 10.2. The average Bonchev–Trinajstić information content (AvgIpc) is 2.62. The van der Waals surface area contributed by atoms with Crippen molar-refractivity contribution in [3.05, 3.63) is 58.6 Å². The van der Waals surface area contributed by atoms with Gasteiger partial charge in [0.05, 0.1) is 17.3 Å². The fraction of sp³-hybridized carbons (Fsp3) is 0.176. The molecule has 0 bridgehead atoms. The summed E-state index contributed by atoms with van der Waals surface area (Å²) in [5, 5.41) is 16.8. The van der Waals surface area contributed by atoms with Crippen LogP contribution in [-0.4, -0.2) is 27.6 Å². The van der Waals surface area contributed by atoms with Crippen molar-refractivity contribution >= 4 is 57.0 Å². The monoisotopic (exact) mass is 391 g/mol. The van der Waals surface area contributed by atoms with Crippen LogP contribution in [0.5, 0.6) is 0 Å². The number of thioether (sulfide) groups is 1. The Bertz CT molecular complexity index is 780. The van der Waals surface area contributed by atoms with E-state index < -0.39 is 4.92 Å². The number of thiocarbonyl (C=S) groups is 1. The van der Waals surface area contributed by atoms with Crippen LogP contribution in [0.4, 0.5) is 22.7 Å². The van der Waals surface area contributed by atoms with Gasteiger partial charge in [0.2, 0.25) is 0 Å². The number of hydrogen-bond donors (Lipinski definition) is 2. The lowest BCUT2D eigenvalue weighted by Gasteiger charge is -2.10. The van der Waals surface area contributed by atoms with Gasteiger partial charge in [0.1, 0.15) is 4.32 Å². The molecule has 7 nitrogen and oxygen atoms in total. The number of esters is 1. The van der Waals surface area contributed by atoms with E-state index in [-0.39, 0.29) is 17.4 Å². The van der Waals surface area contributed by atoms with E-state index in [2.05, 4.69) is 10.6 Å². The Morgan fingerprint density at radius 1 is 1.12 bits per heavy atom. The Balaban J connectivity index is 1.86. The molecule has 0 unspecified atom stereocenters. The zero-order valence-electron chi connectivity index (χ0n) is 13.9. The molecule has 0 saturated carbocycles. The number of non-ortho nitro benzene ring substituents is 1. The largest absolute Gasteiger partial charge is 0.465 e. The van der Waals surface area contributed by atoms with Gasteiger partial charge >= 0.3 is 5.97 Å². The topological polar surface area (TPSA) is 93.5 Å². The summed E-state index contributed by atoms with van der Waals surface area (Å²) in [6.07, 6.45) is 0. The van der Waals surface area contributed by atoms with Crippen molar-refractivity contribution in [2.75, 3.05) is 23.0 Å². The van der Waals surface area contributed by atoms with E-state index >= 15 is 0 Å². The van der Waals surface area contributed by atoms with Gasteiger partial charge in [-0.25, -0.2) is 0 Å². The zero-order valence-corrected chi connectivity index (χ0v) is 15.6. The lowest BCUT2D eigenvalue weighted by molar-refractivity contribution is -0.384. The Labute approximate surface area is 160 Å². The number of ether oxygens (including phenoxy) is 1. The zero-order chi connectivity index (χ0) is 18.9. The first-order valence-corrected chi connectivity index (χ1v) is 9.08. The van der Waals surface area contributed by atoms with Crippen LogP contribution in [0.1, 0.15) is 6.92 Å². The number of benzene rings is 2. The Morgan fingerprint density at radius 2 is 1.65 bits per heavy atom. The first kappa shape index (κ1) is 19.7. The third-order valence-corrected chi connectivity index (χ3v) is 4.32. The number of nitro groups is 1. The van der Waals surface area contributed by atoms with Crippen LogP contribution < -0.4 is 10.6 Å². The molecule has 9 heteroatoms. The van der Waals surface area contributed by atoms with Crippen molar-refractivity contribution in [1.29, 1.82) is 0 Å². The fourth-order valence-electron chi connectivity index (χ4n) is 1.95. The van der Waals surface area contributed by atoms with Crippen LogP contribution in [0, 0.1) is 10.1 Å². The molecule has 0 aliphatic carbocycles. The molecule has 0 radical (unpaired) electrons. The summed E-state index contributed by atoms with van der Waals surface area (Å²) in [5.74, 6) is -0.135. The van der Waals surface area contributed by atoms with Crippen LogP contribution in [0.15, 0.2) is 48.5 Å². The SMILES string of the molecule is CCOC(=O)CSC(=S)Nc1ccc(Nc2ccc([N+](=O)[O-])cc2)cc1. The number of carbonyl (C=O) groups is 1. The van der Waals surface area contributed by atoms with Gasteiger partial charge in [-0.2, -0.15) is 0 Å². The van der Waals surface area contributed by atoms with Crippen LogP contribution in [0.2, 0.25) is 0 Å². The van der Waals surface area contributed by atoms with Gasteiger partial charge in [0, 0.05) is 29.2 Å². The maximum Gasteiger partial charge on any atom is 0.316 e. The predicted octanol–water partition coefficient (Wildman–Crippen LogP) is 4.33. The smallest absolute Gasteiger partial charge is 0.316 e. The quantitative estimate of drug-likeness (QED) is 0.312. The molecular formula is C17H17N3O4S2. The molecule has 0 aliphatic heterocycles. The minimum atomic E-state index is -0.437. The fourth-order valence-corrected chi connectivity index (χ4v) is 2.77. The van der Waals surface area contributed by atoms with E-state index in [1.54, 1.807) is 19.1 Å². The summed E-state index contributed by atoms with van der Waals surface area (Å²) in [6.45, 7) is 2.11. The van der Waals surface area contributed by atoms with Crippen LogP contribution in [0.3, 0.4) is 0 Å². The molecular weight excluding hydrogens is 374 g/mol. The molecule has 0 fully saturated rings. The van der Waals surface area contributed by atoms with Gasteiger partial charge in [-0.15, -0.1) is 0 Å². The summed E-state index contributed by atoms with van der Waals surface area (Å²) < 4.78 is 5.32. The minimum Gasteiger partial charge on any atom is -0.465 e. The number of hydrogen-bond acceptors (Lipinski definition) is 7. The summed E-state index contributed by atoms with van der Waals surface area (Å²) in [5.41, 5.74) is 2.41. The van der Waals surface area contributed by atoms with Gasteiger partial charge in [0.15, 0.2) is 0 Å². The van der Waals surface area contributed by atoms with Gasteiger partial charge in [-0.05, 0) is 43.3 Å². The van der Waals surface area contributed by atoms with Crippen LogP contribution in [0.25, 0.3) is 0 Å². The lowest BCUT2D eigenvalue weighted by Crippen LogP contribution is -2.12. The number of nitrogens with one attached hydrogen (secondary N) is 2. The third kappa shape index (κ3) is 6.34. The van der Waals surface area contributed by atoms with Gasteiger partial charge in [-0.3, -0.25) is 14.9 Å². The van der Waals surface area contributed by atoms with Crippen molar-refractivity contribution in [3.8, 4) is 0 Å². The van der Waals surface area contributed by atoms with Crippen molar-refractivity contribution in [2.24, 2.45) is 0 Å². The normalized spacial score (nSPS) is 10.0. The summed E-state index contributed by atoms with van der Waals surface area (Å²) in [4.78, 5) is 21.5. The Kier molecular flexibility index (Phi) is 7.37. The molecule has 2 aromatic rings. The predicted molar refractivity (Wildman–Crippen MR) is 108 cm³/mol. The van der Waals surface area contributed by atoms with Gasteiger partial charge in [-0.1, -0.05) is 24.0 Å². The number of anilines is 3. The second-order valence-corrected chi connectivity index (χ2v) is 6.66. The van der Waals surface area contributed by atoms with E-state index in [0.717, 1.165) is 17.1 Å². The molecule has 0 amide bonds. The third-order valence-electron chi connectivity index (χ3n) is 3.12. The van der Waals surface area contributed by atoms with Crippen molar-refractivity contribution in [1.82, 2.24) is 0 Å². The van der Waals surface area contributed by atoms with E-state index in [1.165, 1.54) is 23.9 Å². The first-order valence-electron chi connectivity index (χ1n) is 7.69. The van der Waals surface area contributed by atoms with E-state index in [9.17, 15) is 14.9 Å². The van der Waals surface area contributed by atoms with Crippen molar-refractivity contribution < 1.29 is 14.5 Å². The molecule has 0 atom stereocenters. The van der Waals surface area contributed by atoms with Crippen molar-refractivity contribution in [3.63, 3.8) is 0 Å². The Hall–Kier alpha value is -2.65. The minimum absolute atomic E-state index is 0.0453. The second kappa shape index (κ2) is 9.73. The standard InChI is InChI=1S/C17H17N3O4S2/c1-2-24-16(21)11-26-17(25)19-14-5-3-12(4-6-14)18-13-7-9-15(10-8-13)20(22)23/h3-10,18H,2,11H2,1H3,(H,19,25). The molecule has 2 aromatic carbocycles.